The maximum atomic E-state index is 13.4. The van der Waals surface area contributed by atoms with E-state index in [1.807, 2.05) is 47.8 Å². The minimum Gasteiger partial charge on any atom is -0.444 e. The summed E-state index contributed by atoms with van der Waals surface area (Å²) in [5, 5.41) is 8.00. The highest BCUT2D eigenvalue weighted by atomic mass is 32.1. The van der Waals surface area contributed by atoms with Gasteiger partial charge < -0.3 is 20.1 Å². The van der Waals surface area contributed by atoms with Gasteiger partial charge in [0.1, 0.15) is 12.6 Å². The monoisotopic (exact) mass is 569 g/mol. The number of nitrogens with zero attached hydrogens (tertiary/aromatic N) is 3. The zero-order valence-corrected chi connectivity index (χ0v) is 22.8. The highest BCUT2D eigenvalue weighted by Gasteiger charge is 2.44. The van der Waals surface area contributed by atoms with E-state index in [1.165, 1.54) is 16.2 Å². The smallest absolute Gasteiger partial charge is 0.413 e. The second-order valence-electron chi connectivity index (χ2n) is 9.78. The van der Waals surface area contributed by atoms with Gasteiger partial charge >= 0.3 is 6.09 Å². The molecule has 6 rings (SSSR count). The van der Waals surface area contributed by atoms with Gasteiger partial charge in [0, 0.05) is 40.5 Å². The van der Waals surface area contributed by atoms with E-state index in [1.54, 1.807) is 36.7 Å². The Kier molecular flexibility index (Phi) is 7.70. The molecule has 11 heteroatoms. The Morgan fingerprint density at radius 2 is 1.76 bits per heavy atom. The Balaban J connectivity index is 1.14. The molecule has 1 aliphatic carbocycles. The predicted molar refractivity (Wildman–Crippen MR) is 152 cm³/mol. The summed E-state index contributed by atoms with van der Waals surface area (Å²) in [4.78, 5) is 48.9. The average molecular weight is 570 g/mol. The summed E-state index contributed by atoms with van der Waals surface area (Å²) in [7, 11) is 0. The van der Waals surface area contributed by atoms with E-state index in [0.717, 1.165) is 24.0 Å². The Hall–Kier alpha value is -4.61. The van der Waals surface area contributed by atoms with E-state index in [9.17, 15) is 14.4 Å². The molecule has 2 aromatic carbocycles. The molecular formula is C30H27N5O5S. The molecule has 4 aromatic rings. The molecule has 1 saturated carbocycles. The van der Waals surface area contributed by atoms with Crippen molar-refractivity contribution in [2.45, 2.75) is 37.8 Å². The van der Waals surface area contributed by atoms with Crippen LogP contribution in [0.3, 0.4) is 0 Å². The van der Waals surface area contributed by atoms with Gasteiger partial charge in [-0.15, -0.1) is 11.3 Å². The fourth-order valence-corrected chi connectivity index (χ4v) is 5.17. The van der Waals surface area contributed by atoms with Crippen molar-refractivity contribution in [1.29, 1.82) is 0 Å². The number of anilines is 1. The third-order valence-electron chi connectivity index (χ3n) is 6.80. The molecule has 3 amide bonds. The topological polar surface area (TPSA) is 123 Å². The van der Waals surface area contributed by atoms with Crippen LogP contribution in [0.5, 0.6) is 0 Å². The summed E-state index contributed by atoms with van der Waals surface area (Å²) >= 11 is 1.27. The van der Waals surface area contributed by atoms with Crippen LogP contribution in [0.15, 0.2) is 84.5 Å². The lowest BCUT2D eigenvalue weighted by Crippen LogP contribution is -2.45. The van der Waals surface area contributed by atoms with E-state index in [0.29, 0.717) is 28.0 Å². The Morgan fingerprint density at radius 1 is 1.00 bits per heavy atom. The van der Waals surface area contributed by atoms with Gasteiger partial charge in [0.25, 0.3) is 11.8 Å². The third kappa shape index (κ3) is 6.26. The zero-order valence-electron chi connectivity index (χ0n) is 21.9. The number of thiazole rings is 1. The van der Waals surface area contributed by atoms with Gasteiger partial charge in [0.15, 0.2) is 11.4 Å². The van der Waals surface area contributed by atoms with Crippen LogP contribution >= 0.6 is 11.3 Å². The molecule has 3 heterocycles. The molecular weight excluding hydrogens is 542 g/mol. The highest BCUT2D eigenvalue weighted by molar-refractivity contribution is 7.14. The van der Waals surface area contributed by atoms with E-state index >= 15 is 0 Å². The summed E-state index contributed by atoms with van der Waals surface area (Å²) in [6.45, 7) is 0.0479. The maximum absolute atomic E-state index is 13.4. The van der Waals surface area contributed by atoms with E-state index in [4.69, 9.17) is 9.47 Å². The first-order valence-corrected chi connectivity index (χ1v) is 14.1. The van der Waals surface area contributed by atoms with E-state index < -0.39 is 24.3 Å². The summed E-state index contributed by atoms with van der Waals surface area (Å²) < 4.78 is 11.5. The lowest BCUT2D eigenvalue weighted by molar-refractivity contribution is -0.120. The molecule has 41 heavy (non-hydrogen) atoms. The van der Waals surface area contributed by atoms with Crippen LogP contribution < -0.4 is 10.6 Å². The molecule has 0 bridgehead atoms. The van der Waals surface area contributed by atoms with E-state index in [2.05, 4.69) is 20.6 Å². The standard InChI is InChI=1S/C30H27N5O5S/c36-26(32-23-10-11-23)21-8-6-20(7-9-21)24-18-41-29(33-24)34-27(37)25-17-39-28(22-12-14-31-15-13-22)35(25)30(38)40-16-19-4-2-1-3-5-19/h1-9,12-15,18,23,25,28H,10-11,16-17H2,(H,32,36)(H,33,34,37). The van der Waals surface area contributed by atoms with Gasteiger partial charge in [0.05, 0.1) is 12.3 Å². The normalized spacial score (nSPS) is 18.1. The number of hydrogen-bond acceptors (Lipinski definition) is 8. The molecule has 10 nitrogen and oxygen atoms in total. The van der Waals surface area contributed by atoms with Crippen LogP contribution in [0, 0.1) is 0 Å². The van der Waals surface area contributed by atoms with Crippen LogP contribution in [-0.2, 0) is 20.9 Å². The number of benzene rings is 2. The molecule has 2 aromatic heterocycles. The fourth-order valence-electron chi connectivity index (χ4n) is 4.45. The van der Waals surface area contributed by atoms with Crippen LogP contribution in [0.4, 0.5) is 9.93 Å². The van der Waals surface area contributed by atoms with Gasteiger partial charge in [-0.1, -0.05) is 42.5 Å². The number of nitrogens with one attached hydrogen (secondary N) is 2. The summed E-state index contributed by atoms with van der Waals surface area (Å²) in [5.41, 5.74) is 3.58. The SMILES string of the molecule is O=C(NC1CC1)c1ccc(-c2csc(NC(=O)C3COC(c4ccncc4)N3C(=O)OCc3ccccc3)n2)cc1. The first kappa shape index (κ1) is 26.6. The molecule has 0 radical (unpaired) electrons. The minimum atomic E-state index is -0.937. The molecule has 2 N–H and O–H groups in total. The van der Waals surface area contributed by atoms with Crippen molar-refractivity contribution >= 4 is 34.4 Å². The Bertz CT molecular complexity index is 1530. The van der Waals surface area contributed by atoms with Crippen molar-refractivity contribution in [2.24, 2.45) is 0 Å². The van der Waals surface area contributed by atoms with Crippen molar-refractivity contribution in [1.82, 2.24) is 20.2 Å². The van der Waals surface area contributed by atoms with Crippen molar-refractivity contribution in [3.8, 4) is 11.3 Å². The lowest BCUT2D eigenvalue weighted by Gasteiger charge is -2.26. The van der Waals surface area contributed by atoms with E-state index in [-0.39, 0.29) is 19.1 Å². The number of rotatable bonds is 8. The van der Waals surface area contributed by atoms with Crippen LogP contribution in [0.2, 0.25) is 0 Å². The average Bonchev–Trinajstić information content (AvgIpc) is 3.51. The highest BCUT2D eigenvalue weighted by Crippen LogP contribution is 2.33. The van der Waals surface area contributed by atoms with Crippen molar-refractivity contribution in [3.05, 3.63) is 101 Å². The molecule has 0 spiro atoms. The molecule has 1 saturated heterocycles. The predicted octanol–water partition coefficient (Wildman–Crippen LogP) is 4.77. The molecule has 208 valence electrons. The van der Waals surface area contributed by atoms with Gasteiger partial charge in [0.2, 0.25) is 0 Å². The number of carbonyl (C=O) groups excluding carboxylic acids is 3. The van der Waals surface area contributed by atoms with Crippen molar-refractivity contribution in [2.75, 3.05) is 11.9 Å². The third-order valence-corrected chi connectivity index (χ3v) is 7.56. The molecule has 2 aliphatic rings. The second-order valence-corrected chi connectivity index (χ2v) is 10.6. The lowest BCUT2D eigenvalue weighted by atomic mass is 10.1. The largest absolute Gasteiger partial charge is 0.444 e. The summed E-state index contributed by atoms with van der Waals surface area (Å²) in [6, 6.07) is 19.3. The van der Waals surface area contributed by atoms with Crippen molar-refractivity contribution in [3.63, 3.8) is 0 Å². The van der Waals surface area contributed by atoms with Gasteiger partial charge in [-0.2, -0.15) is 0 Å². The number of hydrogen-bond donors (Lipinski definition) is 2. The fraction of sp³-hybridized carbons (Fsp3) is 0.233. The van der Waals surface area contributed by atoms with Crippen LogP contribution in [-0.4, -0.2) is 51.5 Å². The molecule has 2 fully saturated rings. The molecule has 2 atom stereocenters. The van der Waals surface area contributed by atoms with Gasteiger partial charge in [-0.25, -0.2) is 9.78 Å². The quantitative estimate of drug-likeness (QED) is 0.313. The minimum absolute atomic E-state index is 0.0120. The second kappa shape index (κ2) is 11.9. The first-order valence-electron chi connectivity index (χ1n) is 13.2. The maximum Gasteiger partial charge on any atom is 0.413 e. The number of amides is 3. The summed E-state index contributed by atoms with van der Waals surface area (Å²) in [5.74, 6) is -0.521. The number of ether oxygens (including phenoxy) is 2. The van der Waals surface area contributed by atoms with Crippen LogP contribution in [0.1, 0.15) is 40.6 Å². The van der Waals surface area contributed by atoms with Gasteiger partial charge in [-0.05, 0) is 42.7 Å². The first-order chi connectivity index (χ1) is 20.0. The summed E-state index contributed by atoms with van der Waals surface area (Å²) in [6.07, 6.45) is 3.78. The van der Waals surface area contributed by atoms with Crippen molar-refractivity contribution < 1.29 is 23.9 Å². The Morgan fingerprint density at radius 3 is 2.49 bits per heavy atom. The zero-order chi connectivity index (χ0) is 28.2. The van der Waals surface area contributed by atoms with Gasteiger partial charge in [-0.3, -0.25) is 19.5 Å². The Labute approximate surface area is 240 Å². The number of carbonyl (C=O) groups is 3. The number of pyridine rings is 1. The molecule has 1 aliphatic heterocycles. The number of aromatic nitrogens is 2. The van der Waals surface area contributed by atoms with Crippen LogP contribution in [0.25, 0.3) is 11.3 Å². The molecule has 2 unspecified atom stereocenters.